The lowest BCUT2D eigenvalue weighted by Gasteiger charge is -2.29. The van der Waals surface area contributed by atoms with E-state index >= 15 is 0 Å². The average molecular weight is 368 g/mol. The molecule has 144 valence electrons. The second-order valence-electron chi connectivity index (χ2n) is 7.07. The van der Waals surface area contributed by atoms with Crippen molar-refractivity contribution < 1.29 is 14.3 Å². The van der Waals surface area contributed by atoms with Crippen molar-refractivity contribution in [2.75, 3.05) is 20.8 Å². The molecule has 2 aromatic carbocycles. The van der Waals surface area contributed by atoms with Gasteiger partial charge in [-0.3, -0.25) is 4.79 Å². The molecule has 2 N–H and O–H groups in total. The van der Waals surface area contributed by atoms with E-state index < -0.39 is 0 Å². The first-order valence-electron chi connectivity index (χ1n) is 9.42. The van der Waals surface area contributed by atoms with Gasteiger partial charge in [0.25, 0.3) is 0 Å². The summed E-state index contributed by atoms with van der Waals surface area (Å²) in [6, 6.07) is 15.8. The molecule has 1 aliphatic heterocycles. The monoisotopic (exact) mass is 368 g/mol. The summed E-state index contributed by atoms with van der Waals surface area (Å²) in [5.74, 6) is 1.66. The topological polar surface area (TPSA) is 59.6 Å². The lowest BCUT2D eigenvalue weighted by Crippen LogP contribution is -2.43. The van der Waals surface area contributed by atoms with Gasteiger partial charge in [-0.15, -0.1) is 0 Å². The second-order valence-corrected chi connectivity index (χ2v) is 7.07. The van der Waals surface area contributed by atoms with Crippen LogP contribution in [0.3, 0.4) is 0 Å². The molecule has 1 saturated heterocycles. The van der Waals surface area contributed by atoms with Crippen LogP contribution in [0.15, 0.2) is 48.5 Å². The highest BCUT2D eigenvalue weighted by Gasteiger charge is 2.27. The van der Waals surface area contributed by atoms with Gasteiger partial charge in [0.2, 0.25) is 5.91 Å². The lowest BCUT2D eigenvalue weighted by atomic mass is 9.91. The van der Waals surface area contributed by atoms with Crippen molar-refractivity contribution in [2.24, 2.45) is 5.92 Å². The van der Waals surface area contributed by atoms with E-state index in [1.54, 1.807) is 14.2 Å². The van der Waals surface area contributed by atoms with Gasteiger partial charge in [-0.05, 0) is 61.7 Å². The molecule has 0 aromatic heterocycles. The third-order valence-electron chi connectivity index (χ3n) is 5.14. The molecule has 0 bridgehead atoms. The van der Waals surface area contributed by atoms with Crippen molar-refractivity contribution in [3.8, 4) is 11.5 Å². The minimum Gasteiger partial charge on any atom is -0.497 e. The number of piperidine rings is 1. The Morgan fingerprint density at radius 2 is 1.67 bits per heavy atom. The van der Waals surface area contributed by atoms with E-state index in [9.17, 15) is 4.79 Å². The Hall–Kier alpha value is -2.53. The smallest absolute Gasteiger partial charge is 0.223 e. The summed E-state index contributed by atoms with van der Waals surface area (Å²) < 4.78 is 10.8. The fraction of sp³-hybridized carbons (Fsp3) is 0.409. The van der Waals surface area contributed by atoms with E-state index in [1.165, 1.54) is 0 Å². The number of ether oxygens (including phenoxy) is 2. The van der Waals surface area contributed by atoms with E-state index in [0.29, 0.717) is 6.04 Å². The standard InChI is InChI=1S/C22H28N2O3/c1-15-12-18(10-11-23-15)22(25)24-21(16-6-4-8-19(13-16)26-2)17-7-5-9-20(14-17)27-3/h4-9,13-15,18,21,23H,10-12H2,1-3H3,(H,24,25)/t15-,18-/m0/s1. The van der Waals surface area contributed by atoms with Crippen molar-refractivity contribution in [3.63, 3.8) is 0 Å². The fourth-order valence-corrected chi connectivity index (χ4v) is 3.63. The third kappa shape index (κ3) is 4.80. The molecule has 0 saturated carbocycles. The molecule has 1 fully saturated rings. The van der Waals surface area contributed by atoms with Crippen molar-refractivity contribution in [1.29, 1.82) is 0 Å². The Morgan fingerprint density at radius 3 is 2.19 bits per heavy atom. The lowest BCUT2D eigenvalue weighted by molar-refractivity contribution is -0.126. The minimum atomic E-state index is -0.257. The molecular formula is C22H28N2O3. The molecule has 5 nitrogen and oxygen atoms in total. The van der Waals surface area contributed by atoms with E-state index in [0.717, 1.165) is 42.0 Å². The van der Waals surface area contributed by atoms with E-state index in [2.05, 4.69) is 17.6 Å². The SMILES string of the molecule is COc1cccc(C(NC(=O)[C@H]2CCN[C@@H](C)C2)c2cccc(OC)c2)c1. The van der Waals surface area contributed by atoms with Crippen LogP contribution in [0.1, 0.15) is 36.9 Å². The van der Waals surface area contributed by atoms with Gasteiger partial charge in [0.15, 0.2) is 0 Å². The number of benzene rings is 2. The van der Waals surface area contributed by atoms with Crippen molar-refractivity contribution >= 4 is 5.91 Å². The predicted molar refractivity (Wildman–Crippen MR) is 106 cm³/mol. The number of carbonyl (C=O) groups excluding carboxylic acids is 1. The summed E-state index contributed by atoms with van der Waals surface area (Å²) in [6.07, 6.45) is 1.72. The van der Waals surface area contributed by atoms with Crippen molar-refractivity contribution in [2.45, 2.75) is 31.8 Å². The Kier molecular flexibility index (Phi) is 6.35. The zero-order chi connectivity index (χ0) is 19.2. The van der Waals surface area contributed by atoms with Gasteiger partial charge >= 0.3 is 0 Å². The number of hydrogen-bond donors (Lipinski definition) is 2. The molecule has 0 radical (unpaired) electrons. The van der Waals surface area contributed by atoms with Crippen LogP contribution in [0.2, 0.25) is 0 Å². The third-order valence-corrected chi connectivity index (χ3v) is 5.14. The molecule has 3 rings (SSSR count). The number of nitrogens with one attached hydrogen (secondary N) is 2. The summed E-state index contributed by atoms with van der Waals surface area (Å²) in [7, 11) is 3.29. The average Bonchev–Trinajstić information content (AvgIpc) is 2.71. The molecule has 0 spiro atoms. The van der Waals surface area contributed by atoms with Crippen LogP contribution < -0.4 is 20.1 Å². The maximum absolute atomic E-state index is 13.0. The van der Waals surface area contributed by atoms with Gasteiger partial charge in [-0.1, -0.05) is 24.3 Å². The van der Waals surface area contributed by atoms with Gasteiger partial charge in [-0.25, -0.2) is 0 Å². The first-order chi connectivity index (χ1) is 13.1. The number of carbonyl (C=O) groups is 1. The maximum Gasteiger partial charge on any atom is 0.223 e. The molecule has 2 atom stereocenters. The summed E-state index contributed by atoms with van der Waals surface area (Å²) in [4.78, 5) is 13.0. The number of amides is 1. The highest BCUT2D eigenvalue weighted by Crippen LogP contribution is 2.29. The minimum absolute atomic E-state index is 0.0277. The Bertz CT molecular complexity index is 730. The molecule has 1 heterocycles. The largest absolute Gasteiger partial charge is 0.497 e. The summed E-state index contributed by atoms with van der Waals surface area (Å²) in [5.41, 5.74) is 1.97. The first kappa shape index (κ1) is 19.2. The Balaban J connectivity index is 1.90. The number of methoxy groups -OCH3 is 2. The van der Waals surface area contributed by atoms with Crippen LogP contribution in [0, 0.1) is 5.92 Å². The van der Waals surface area contributed by atoms with E-state index in [1.807, 2.05) is 48.5 Å². The summed E-state index contributed by atoms with van der Waals surface area (Å²) >= 11 is 0. The quantitative estimate of drug-likeness (QED) is 0.821. The maximum atomic E-state index is 13.0. The van der Waals surface area contributed by atoms with Gasteiger partial charge < -0.3 is 20.1 Å². The molecule has 1 aliphatic rings. The fourth-order valence-electron chi connectivity index (χ4n) is 3.63. The Labute approximate surface area is 161 Å². The molecule has 27 heavy (non-hydrogen) atoms. The highest BCUT2D eigenvalue weighted by atomic mass is 16.5. The van der Waals surface area contributed by atoms with Crippen molar-refractivity contribution in [1.82, 2.24) is 10.6 Å². The highest BCUT2D eigenvalue weighted by molar-refractivity contribution is 5.79. The molecule has 1 amide bonds. The molecular weight excluding hydrogens is 340 g/mol. The van der Waals surface area contributed by atoms with Gasteiger partial charge in [0.1, 0.15) is 11.5 Å². The zero-order valence-electron chi connectivity index (χ0n) is 16.2. The first-order valence-corrected chi connectivity index (χ1v) is 9.42. The normalized spacial score (nSPS) is 19.6. The van der Waals surface area contributed by atoms with Gasteiger partial charge in [0.05, 0.1) is 20.3 Å². The van der Waals surface area contributed by atoms with E-state index in [-0.39, 0.29) is 17.9 Å². The molecule has 2 aromatic rings. The van der Waals surface area contributed by atoms with Crippen LogP contribution in [-0.2, 0) is 4.79 Å². The Morgan fingerprint density at radius 1 is 1.07 bits per heavy atom. The molecule has 5 heteroatoms. The summed E-state index contributed by atoms with van der Waals surface area (Å²) in [6.45, 7) is 3.00. The van der Waals surface area contributed by atoms with Crippen LogP contribution in [0.5, 0.6) is 11.5 Å². The van der Waals surface area contributed by atoms with Crippen LogP contribution in [0.4, 0.5) is 0 Å². The zero-order valence-corrected chi connectivity index (χ0v) is 16.2. The number of rotatable bonds is 6. The van der Waals surface area contributed by atoms with Crippen LogP contribution in [-0.4, -0.2) is 32.7 Å². The number of hydrogen-bond acceptors (Lipinski definition) is 4. The predicted octanol–water partition coefficient (Wildman–Crippen LogP) is 3.30. The molecule has 0 unspecified atom stereocenters. The van der Waals surface area contributed by atoms with Crippen LogP contribution in [0.25, 0.3) is 0 Å². The van der Waals surface area contributed by atoms with Crippen LogP contribution >= 0.6 is 0 Å². The van der Waals surface area contributed by atoms with E-state index in [4.69, 9.17) is 9.47 Å². The summed E-state index contributed by atoms with van der Waals surface area (Å²) in [5, 5.41) is 6.67. The van der Waals surface area contributed by atoms with Crippen molar-refractivity contribution in [3.05, 3.63) is 59.7 Å². The van der Waals surface area contributed by atoms with Gasteiger partial charge in [0, 0.05) is 12.0 Å². The second kappa shape index (κ2) is 8.91. The van der Waals surface area contributed by atoms with Gasteiger partial charge in [-0.2, -0.15) is 0 Å². The molecule has 0 aliphatic carbocycles.